The maximum Gasteiger partial charge on any atom is 0.137 e. The maximum atomic E-state index is 13.3. The number of rotatable bonds is 1. The monoisotopic (exact) mass is 271 g/mol. The van der Waals surface area contributed by atoms with Crippen LogP contribution in [0.15, 0.2) is 16.6 Å². The number of hydrogen-bond donors (Lipinski definition) is 1. The molecule has 1 aromatic rings. The van der Waals surface area contributed by atoms with Crippen molar-refractivity contribution in [1.29, 1.82) is 0 Å². The van der Waals surface area contributed by atoms with Crippen molar-refractivity contribution >= 4 is 15.9 Å². The molecule has 1 fully saturated rings. The Balaban J connectivity index is 2.48. The van der Waals surface area contributed by atoms with E-state index in [0.29, 0.717) is 4.47 Å². The molecule has 1 aromatic carbocycles. The Hall–Kier alpha value is -0.410. The Labute approximate surface area is 98.0 Å². The Bertz CT molecular complexity index is 383. The third-order valence-corrected chi connectivity index (χ3v) is 3.91. The predicted octanol–water partition coefficient (Wildman–Crippen LogP) is 3.62. The van der Waals surface area contributed by atoms with Crippen LogP contribution >= 0.6 is 15.9 Å². The molecule has 0 aromatic heterocycles. The standard InChI is InChI=1S/C12H15BrFN/c1-8-6-11(14)10(13)7-9(8)12(15)4-2-3-5-12/h6-7H,2-5,15H2,1H3. The van der Waals surface area contributed by atoms with Crippen LogP contribution in [-0.2, 0) is 5.54 Å². The summed E-state index contributed by atoms with van der Waals surface area (Å²) < 4.78 is 13.8. The van der Waals surface area contributed by atoms with Gasteiger partial charge in [-0.15, -0.1) is 0 Å². The minimum absolute atomic E-state index is 0.210. The molecule has 0 radical (unpaired) electrons. The minimum Gasteiger partial charge on any atom is -0.321 e. The number of benzene rings is 1. The molecule has 0 amide bonds. The van der Waals surface area contributed by atoms with E-state index in [1.165, 1.54) is 12.8 Å². The predicted molar refractivity (Wildman–Crippen MR) is 63.2 cm³/mol. The summed E-state index contributed by atoms with van der Waals surface area (Å²) in [6, 6.07) is 3.41. The van der Waals surface area contributed by atoms with E-state index in [1.807, 2.05) is 13.0 Å². The summed E-state index contributed by atoms with van der Waals surface area (Å²) in [5.74, 6) is -0.210. The van der Waals surface area contributed by atoms with Crippen molar-refractivity contribution in [3.8, 4) is 0 Å². The fourth-order valence-corrected chi connectivity index (χ4v) is 2.80. The Morgan fingerprint density at radius 2 is 1.93 bits per heavy atom. The molecular formula is C12H15BrFN. The van der Waals surface area contributed by atoms with E-state index >= 15 is 0 Å². The van der Waals surface area contributed by atoms with Gasteiger partial charge in [0.15, 0.2) is 0 Å². The zero-order valence-corrected chi connectivity index (χ0v) is 10.4. The first-order valence-electron chi connectivity index (χ1n) is 5.28. The second kappa shape index (κ2) is 3.87. The Kier molecular flexibility index (Phi) is 2.86. The average Bonchev–Trinajstić information content (AvgIpc) is 2.60. The second-order valence-electron chi connectivity index (χ2n) is 4.44. The molecular weight excluding hydrogens is 257 g/mol. The summed E-state index contributed by atoms with van der Waals surface area (Å²) in [7, 11) is 0. The summed E-state index contributed by atoms with van der Waals surface area (Å²) in [4.78, 5) is 0. The molecule has 1 saturated carbocycles. The first-order chi connectivity index (χ1) is 7.03. The molecule has 0 bridgehead atoms. The van der Waals surface area contributed by atoms with Crippen molar-refractivity contribution in [1.82, 2.24) is 0 Å². The van der Waals surface area contributed by atoms with Crippen LogP contribution in [0.1, 0.15) is 36.8 Å². The van der Waals surface area contributed by atoms with Crippen molar-refractivity contribution in [2.24, 2.45) is 5.73 Å². The van der Waals surface area contributed by atoms with Crippen molar-refractivity contribution in [2.45, 2.75) is 38.1 Å². The minimum atomic E-state index is -0.236. The molecule has 82 valence electrons. The number of hydrogen-bond acceptors (Lipinski definition) is 1. The van der Waals surface area contributed by atoms with Gasteiger partial charge in [0.05, 0.1) is 4.47 Å². The highest BCUT2D eigenvalue weighted by molar-refractivity contribution is 9.10. The lowest BCUT2D eigenvalue weighted by Crippen LogP contribution is -2.34. The van der Waals surface area contributed by atoms with Gasteiger partial charge in [0.1, 0.15) is 5.82 Å². The fourth-order valence-electron chi connectivity index (χ4n) is 2.46. The van der Waals surface area contributed by atoms with Crippen molar-refractivity contribution in [3.63, 3.8) is 0 Å². The molecule has 2 rings (SSSR count). The lowest BCUT2D eigenvalue weighted by atomic mass is 9.86. The third kappa shape index (κ3) is 1.95. The molecule has 0 aliphatic heterocycles. The topological polar surface area (TPSA) is 26.0 Å². The van der Waals surface area contributed by atoms with Gasteiger partial charge < -0.3 is 5.73 Å². The number of nitrogens with two attached hydrogens (primary N) is 1. The molecule has 0 atom stereocenters. The van der Waals surface area contributed by atoms with Crippen LogP contribution in [0.2, 0.25) is 0 Å². The largest absolute Gasteiger partial charge is 0.321 e. The summed E-state index contributed by atoms with van der Waals surface area (Å²) in [6.07, 6.45) is 4.35. The molecule has 0 unspecified atom stereocenters. The van der Waals surface area contributed by atoms with Crippen molar-refractivity contribution in [3.05, 3.63) is 33.5 Å². The normalized spacial score (nSPS) is 19.5. The van der Waals surface area contributed by atoms with Gasteiger partial charge in [0, 0.05) is 5.54 Å². The maximum absolute atomic E-state index is 13.3. The highest BCUT2D eigenvalue weighted by atomic mass is 79.9. The average molecular weight is 272 g/mol. The van der Waals surface area contributed by atoms with Crippen molar-refractivity contribution < 1.29 is 4.39 Å². The van der Waals surface area contributed by atoms with E-state index in [2.05, 4.69) is 15.9 Å². The molecule has 0 saturated heterocycles. The van der Waals surface area contributed by atoms with Gasteiger partial charge >= 0.3 is 0 Å². The van der Waals surface area contributed by atoms with E-state index in [0.717, 1.165) is 24.0 Å². The van der Waals surface area contributed by atoms with Gasteiger partial charge in [-0.25, -0.2) is 4.39 Å². The van der Waals surface area contributed by atoms with E-state index in [4.69, 9.17) is 5.73 Å². The first kappa shape index (κ1) is 11.1. The van der Waals surface area contributed by atoms with Crippen LogP contribution in [-0.4, -0.2) is 0 Å². The van der Waals surface area contributed by atoms with Gasteiger partial charge in [-0.3, -0.25) is 0 Å². The summed E-state index contributed by atoms with van der Waals surface area (Å²) in [5, 5.41) is 0. The zero-order chi connectivity index (χ0) is 11.1. The molecule has 15 heavy (non-hydrogen) atoms. The Morgan fingerprint density at radius 1 is 1.33 bits per heavy atom. The van der Waals surface area contributed by atoms with Gasteiger partial charge in [0.2, 0.25) is 0 Å². The molecule has 2 N–H and O–H groups in total. The summed E-state index contributed by atoms with van der Waals surface area (Å²) in [6.45, 7) is 1.93. The van der Waals surface area contributed by atoms with E-state index in [1.54, 1.807) is 6.07 Å². The van der Waals surface area contributed by atoms with Crippen LogP contribution in [0.5, 0.6) is 0 Å². The lowest BCUT2D eigenvalue weighted by Gasteiger charge is -2.26. The lowest BCUT2D eigenvalue weighted by molar-refractivity contribution is 0.457. The second-order valence-corrected chi connectivity index (χ2v) is 5.30. The third-order valence-electron chi connectivity index (χ3n) is 3.30. The zero-order valence-electron chi connectivity index (χ0n) is 8.82. The van der Waals surface area contributed by atoms with Gasteiger partial charge in [-0.1, -0.05) is 12.8 Å². The Morgan fingerprint density at radius 3 is 2.53 bits per heavy atom. The van der Waals surface area contributed by atoms with Crippen LogP contribution in [0.4, 0.5) is 4.39 Å². The summed E-state index contributed by atoms with van der Waals surface area (Å²) in [5.41, 5.74) is 8.17. The van der Waals surface area contributed by atoms with Gasteiger partial charge in [-0.05, 0) is 59.0 Å². The number of aryl methyl sites for hydroxylation is 1. The SMILES string of the molecule is Cc1cc(F)c(Br)cc1C1(N)CCCC1. The molecule has 0 spiro atoms. The highest BCUT2D eigenvalue weighted by Gasteiger charge is 2.32. The smallest absolute Gasteiger partial charge is 0.137 e. The van der Waals surface area contributed by atoms with Crippen LogP contribution in [0.25, 0.3) is 0 Å². The highest BCUT2D eigenvalue weighted by Crippen LogP contribution is 2.39. The van der Waals surface area contributed by atoms with Gasteiger partial charge in [-0.2, -0.15) is 0 Å². The molecule has 1 nitrogen and oxygen atoms in total. The first-order valence-corrected chi connectivity index (χ1v) is 6.07. The van der Waals surface area contributed by atoms with Crippen LogP contribution in [0, 0.1) is 12.7 Å². The fraction of sp³-hybridized carbons (Fsp3) is 0.500. The quantitative estimate of drug-likeness (QED) is 0.830. The molecule has 3 heteroatoms. The van der Waals surface area contributed by atoms with Crippen molar-refractivity contribution in [2.75, 3.05) is 0 Å². The number of halogens is 2. The molecule has 1 aliphatic carbocycles. The van der Waals surface area contributed by atoms with E-state index in [9.17, 15) is 4.39 Å². The molecule has 0 heterocycles. The summed E-state index contributed by atoms with van der Waals surface area (Å²) >= 11 is 3.22. The van der Waals surface area contributed by atoms with Crippen LogP contribution < -0.4 is 5.73 Å². The van der Waals surface area contributed by atoms with E-state index in [-0.39, 0.29) is 11.4 Å². The van der Waals surface area contributed by atoms with E-state index < -0.39 is 0 Å². The van der Waals surface area contributed by atoms with Gasteiger partial charge in [0.25, 0.3) is 0 Å². The molecule has 1 aliphatic rings. The van der Waals surface area contributed by atoms with Crippen LogP contribution in [0.3, 0.4) is 0 Å².